The van der Waals surface area contributed by atoms with E-state index in [0.29, 0.717) is 44.6 Å². The lowest BCUT2D eigenvalue weighted by molar-refractivity contribution is -0.128. The molecule has 1 fully saturated rings. The van der Waals surface area contributed by atoms with Crippen LogP contribution >= 0.6 is 0 Å². The predicted molar refractivity (Wildman–Crippen MR) is 123 cm³/mol. The highest BCUT2D eigenvalue weighted by molar-refractivity contribution is 7.89. The number of carbonyl (C=O) groups excluding carboxylic acids is 2. The molecule has 170 valence electrons. The van der Waals surface area contributed by atoms with Gasteiger partial charge in [-0.05, 0) is 54.3 Å². The van der Waals surface area contributed by atoms with Crippen LogP contribution in [0.15, 0.2) is 47.4 Å². The highest BCUT2D eigenvalue weighted by Gasteiger charge is 2.29. The molecule has 0 aromatic heterocycles. The van der Waals surface area contributed by atoms with Crippen molar-refractivity contribution < 1.29 is 18.0 Å². The zero-order valence-electron chi connectivity index (χ0n) is 18.6. The zero-order valence-corrected chi connectivity index (χ0v) is 19.4. The smallest absolute Gasteiger partial charge is 0.258 e. The molecule has 2 aliphatic heterocycles. The molecule has 2 aromatic rings. The van der Waals surface area contributed by atoms with Gasteiger partial charge in [-0.1, -0.05) is 26.0 Å². The third-order valence-electron chi connectivity index (χ3n) is 6.28. The number of hydrogen-bond acceptors (Lipinski definition) is 4. The normalized spacial score (nSPS) is 16.2. The maximum Gasteiger partial charge on any atom is 0.258 e. The molecule has 2 amide bonds. The highest BCUT2D eigenvalue weighted by Crippen LogP contribution is 2.32. The molecule has 0 radical (unpaired) electrons. The van der Waals surface area contributed by atoms with Gasteiger partial charge in [0, 0.05) is 50.4 Å². The predicted octanol–water partition coefficient (Wildman–Crippen LogP) is 3.04. The minimum Gasteiger partial charge on any atom is -0.338 e. The molecule has 1 saturated heterocycles. The van der Waals surface area contributed by atoms with E-state index in [9.17, 15) is 18.0 Å². The largest absolute Gasteiger partial charge is 0.338 e. The van der Waals surface area contributed by atoms with E-state index >= 15 is 0 Å². The molecular weight excluding hydrogens is 426 g/mol. The Labute approximate surface area is 189 Å². The number of sulfonamides is 1. The van der Waals surface area contributed by atoms with Crippen molar-refractivity contribution in [1.29, 1.82) is 0 Å². The van der Waals surface area contributed by atoms with Crippen LogP contribution in [0.5, 0.6) is 0 Å². The monoisotopic (exact) mass is 455 g/mol. The number of anilines is 1. The summed E-state index contributed by atoms with van der Waals surface area (Å²) in [5.41, 5.74) is 3.22. The van der Waals surface area contributed by atoms with E-state index in [1.807, 2.05) is 30.9 Å². The number of carbonyl (C=O) groups is 2. The van der Waals surface area contributed by atoms with Crippen LogP contribution in [0.1, 0.15) is 48.2 Å². The molecule has 0 saturated carbocycles. The van der Waals surface area contributed by atoms with E-state index in [2.05, 4.69) is 0 Å². The second-order valence-corrected chi connectivity index (χ2v) is 10.1. The number of hydrogen-bond donors (Lipinski definition) is 0. The Morgan fingerprint density at radius 3 is 2.34 bits per heavy atom. The molecule has 0 aliphatic carbocycles. The minimum absolute atomic E-state index is 0.105. The van der Waals surface area contributed by atoms with Crippen molar-refractivity contribution in [2.45, 2.75) is 44.6 Å². The van der Waals surface area contributed by atoms with Crippen molar-refractivity contribution in [3.05, 3.63) is 59.2 Å². The summed E-state index contributed by atoms with van der Waals surface area (Å²) < 4.78 is 27.1. The van der Waals surface area contributed by atoms with Gasteiger partial charge in [-0.15, -0.1) is 0 Å². The van der Waals surface area contributed by atoms with Crippen LogP contribution < -0.4 is 4.90 Å². The Bertz CT molecular complexity index is 1120. The molecule has 2 aromatic carbocycles. The second-order valence-electron chi connectivity index (χ2n) is 8.20. The lowest BCUT2D eigenvalue weighted by atomic mass is 10.1. The first-order valence-corrected chi connectivity index (χ1v) is 12.6. The van der Waals surface area contributed by atoms with Crippen molar-refractivity contribution in [2.75, 3.05) is 31.1 Å². The van der Waals surface area contributed by atoms with E-state index in [-0.39, 0.29) is 16.7 Å². The number of fused-ring (bicyclic) bond motifs is 1. The molecule has 8 heteroatoms. The Kier molecular flexibility index (Phi) is 6.35. The van der Waals surface area contributed by atoms with E-state index in [4.69, 9.17) is 0 Å². The first-order valence-electron chi connectivity index (χ1n) is 11.2. The number of likely N-dealkylation sites (tertiary alicyclic amines) is 1. The number of nitrogens with zero attached hydrogens (tertiary/aromatic N) is 3. The van der Waals surface area contributed by atoms with Gasteiger partial charge in [-0.25, -0.2) is 8.42 Å². The summed E-state index contributed by atoms with van der Waals surface area (Å²) in [7, 11) is -3.53. The van der Waals surface area contributed by atoms with Crippen LogP contribution in [0.2, 0.25) is 0 Å². The van der Waals surface area contributed by atoms with Crippen molar-refractivity contribution in [1.82, 2.24) is 9.21 Å². The van der Waals surface area contributed by atoms with Gasteiger partial charge in [-0.2, -0.15) is 4.31 Å². The fourth-order valence-electron chi connectivity index (χ4n) is 4.46. The van der Waals surface area contributed by atoms with Gasteiger partial charge in [0.2, 0.25) is 15.9 Å². The summed E-state index contributed by atoms with van der Waals surface area (Å²) in [6.45, 7) is 6.36. The lowest BCUT2D eigenvalue weighted by Crippen LogP contribution is -2.30. The summed E-state index contributed by atoms with van der Waals surface area (Å²) in [5, 5.41) is 0. The topological polar surface area (TPSA) is 78.0 Å². The third kappa shape index (κ3) is 4.17. The maximum absolute atomic E-state index is 13.1. The van der Waals surface area contributed by atoms with Crippen LogP contribution in [0.3, 0.4) is 0 Å². The summed E-state index contributed by atoms with van der Waals surface area (Å²) >= 11 is 0. The Morgan fingerprint density at radius 1 is 1.00 bits per heavy atom. The van der Waals surface area contributed by atoms with Crippen molar-refractivity contribution in [3.8, 4) is 0 Å². The zero-order chi connectivity index (χ0) is 22.9. The molecule has 32 heavy (non-hydrogen) atoms. The average molecular weight is 456 g/mol. The highest BCUT2D eigenvalue weighted by atomic mass is 32.2. The van der Waals surface area contributed by atoms with Gasteiger partial charge in [0.15, 0.2) is 0 Å². The van der Waals surface area contributed by atoms with Gasteiger partial charge in [0.1, 0.15) is 0 Å². The third-order valence-corrected chi connectivity index (χ3v) is 8.33. The van der Waals surface area contributed by atoms with E-state index in [1.54, 1.807) is 35.2 Å². The molecule has 2 heterocycles. The van der Waals surface area contributed by atoms with Crippen LogP contribution in [-0.4, -0.2) is 55.6 Å². The molecule has 7 nitrogen and oxygen atoms in total. The molecule has 0 bridgehead atoms. The van der Waals surface area contributed by atoms with Gasteiger partial charge >= 0.3 is 0 Å². The summed E-state index contributed by atoms with van der Waals surface area (Å²) in [5.74, 6) is 0.0769. The number of rotatable bonds is 7. The lowest BCUT2D eigenvalue weighted by Gasteiger charge is -2.20. The van der Waals surface area contributed by atoms with Crippen LogP contribution in [0, 0.1) is 0 Å². The first-order chi connectivity index (χ1) is 15.3. The first kappa shape index (κ1) is 22.5. The molecule has 0 N–H and O–H groups in total. The van der Waals surface area contributed by atoms with Gasteiger partial charge in [0.05, 0.1) is 4.90 Å². The van der Waals surface area contributed by atoms with E-state index in [1.165, 1.54) is 4.31 Å². The van der Waals surface area contributed by atoms with E-state index < -0.39 is 10.0 Å². The Hall–Kier alpha value is -2.71. The van der Waals surface area contributed by atoms with E-state index in [0.717, 1.165) is 29.8 Å². The van der Waals surface area contributed by atoms with Crippen molar-refractivity contribution in [2.24, 2.45) is 0 Å². The quantitative estimate of drug-likeness (QED) is 0.643. The summed E-state index contributed by atoms with van der Waals surface area (Å²) in [6.07, 6.45) is 2.14. The molecule has 0 unspecified atom stereocenters. The molecule has 2 aliphatic rings. The minimum atomic E-state index is -3.53. The van der Waals surface area contributed by atoms with Crippen LogP contribution in [-0.2, 0) is 27.8 Å². The average Bonchev–Trinajstić information content (AvgIpc) is 3.40. The number of benzene rings is 2. The second kappa shape index (κ2) is 9.03. The molecule has 0 spiro atoms. The maximum atomic E-state index is 13.1. The van der Waals surface area contributed by atoms with Gasteiger partial charge in [-0.3, -0.25) is 9.59 Å². The van der Waals surface area contributed by atoms with Crippen LogP contribution in [0.25, 0.3) is 0 Å². The Morgan fingerprint density at radius 2 is 1.72 bits per heavy atom. The molecule has 0 atom stereocenters. The number of amides is 2. The van der Waals surface area contributed by atoms with Crippen LogP contribution in [0.4, 0.5) is 5.69 Å². The fraction of sp³-hybridized carbons (Fsp3) is 0.417. The molecular formula is C24H29N3O4S. The fourth-order valence-corrected chi connectivity index (χ4v) is 5.97. The standard InChI is InChI=1S/C24H29N3O4S/c1-3-26(4-2)32(30,31)21-11-12-22-20(16-21)13-15-27(22)24(29)19-9-7-18(8-10-19)17-25-14-5-6-23(25)28/h7-12,16H,3-6,13-15,17H2,1-2H3. The van der Waals surface area contributed by atoms with Gasteiger partial charge < -0.3 is 9.80 Å². The van der Waals surface area contributed by atoms with Gasteiger partial charge in [0.25, 0.3) is 5.91 Å². The van der Waals surface area contributed by atoms with Crippen molar-refractivity contribution >= 4 is 27.5 Å². The molecule has 4 rings (SSSR count). The summed E-state index contributed by atoms with van der Waals surface area (Å²) in [6, 6.07) is 12.4. The summed E-state index contributed by atoms with van der Waals surface area (Å²) in [4.78, 5) is 28.8. The van der Waals surface area contributed by atoms with Crippen molar-refractivity contribution in [3.63, 3.8) is 0 Å². The SMILES string of the molecule is CCN(CC)S(=O)(=O)c1ccc2c(c1)CCN2C(=O)c1ccc(CN2CCCC2=O)cc1. The Balaban J connectivity index is 1.50.